The number of nitrogens with zero attached hydrogens (tertiary/aromatic N) is 2. The van der Waals surface area contributed by atoms with Crippen LogP contribution in [0.15, 0.2) is 18.3 Å². The predicted octanol–water partition coefficient (Wildman–Crippen LogP) is 3.37. The number of hydrogen-bond donors (Lipinski definition) is 1. The highest BCUT2D eigenvalue weighted by Gasteiger charge is 2.31. The van der Waals surface area contributed by atoms with E-state index in [0.29, 0.717) is 10.2 Å². The Morgan fingerprint density at radius 3 is 2.96 bits per heavy atom. The predicted molar refractivity (Wildman–Crippen MR) is 89.6 cm³/mol. The van der Waals surface area contributed by atoms with Gasteiger partial charge in [0.2, 0.25) is 5.91 Å². The molecule has 0 saturated heterocycles. The van der Waals surface area contributed by atoms with Crippen LogP contribution in [0.3, 0.4) is 0 Å². The van der Waals surface area contributed by atoms with Crippen LogP contribution in [0.1, 0.15) is 30.2 Å². The van der Waals surface area contributed by atoms with Crippen LogP contribution in [-0.2, 0) is 22.5 Å². The standard InChI is InChI=1S/C16H17Cl2N3O2/c1-23-11-5-3-7-21-14(11)10(8-12(19)22)13(17)15(21)9-4-2-6-20-16(9)18/h2,4,6,11H,3,5,7-8H2,1H3,(H2,19,22). The minimum absolute atomic E-state index is 0.0753. The number of rotatable bonds is 4. The molecule has 3 rings (SSSR count). The molecule has 122 valence electrons. The van der Waals surface area contributed by atoms with Gasteiger partial charge < -0.3 is 15.0 Å². The van der Waals surface area contributed by atoms with E-state index >= 15 is 0 Å². The van der Waals surface area contributed by atoms with E-state index in [0.717, 1.165) is 41.9 Å². The van der Waals surface area contributed by atoms with Crippen molar-refractivity contribution in [1.29, 1.82) is 0 Å². The van der Waals surface area contributed by atoms with E-state index in [1.807, 2.05) is 12.1 Å². The maximum absolute atomic E-state index is 11.5. The van der Waals surface area contributed by atoms with Crippen LogP contribution in [0.4, 0.5) is 0 Å². The van der Waals surface area contributed by atoms with Gasteiger partial charge in [-0.3, -0.25) is 4.79 Å². The zero-order valence-corrected chi connectivity index (χ0v) is 14.2. The SMILES string of the molecule is COC1CCCn2c(-c3cccnc3Cl)c(Cl)c(CC(N)=O)c21. The number of nitrogens with two attached hydrogens (primary N) is 1. The van der Waals surface area contributed by atoms with Crippen LogP contribution in [0, 0.1) is 0 Å². The average Bonchev–Trinajstić information content (AvgIpc) is 2.80. The third kappa shape index (κ3) is 2.84. The van der Waals surface area contributed by atoms with Crippen molar-refractivity contribution < 1.29 is 9.53 Å². The summed E-state index contributed by atoms with van der Waals surface area (Å²) in [5.41, 5.74) is 8.56. The molecule has 2 aromatic rings. The number of primary amides is 1. The fraction of sp³-hybridized carbons (Fsp3) is 0.375. The number of halogens is 2. The third-order valence-corrected chi connectivity index (χ3v) is 4.85. The van der Waals surface area contributed by atoms with E-state index in [1.54, 1.807) is 13.3 Å². The summed E-state index contributed by atoms with van der Waals surface area (Å²) in [4.78, 5) is 15.6. The van der Waals surface area contributed by atoms with Gasteiger partial charge in [0.25, 0.3) is 0 Å². The molecule has 0 bridgehead atoms. The number of carbonyl (C=O) groups excluding carboxylic acids is 1. The van der Waals surface area contributed by atoms with E-state index in [-0.39, 0.29) is 12.5 Å². The molecule has 23 heavy (non-hydrogen) atoms. The van der Waals surface area contributed by atoms with E-state index in [4.69, 9.17) is 33.7 Å². The summed E-state index contributed by atoms with van der Waals surface area (Å²) in [5.74, 6) is -0.426. The topological polar surface area (TPSA) is 70.1 Å². The highest BCUT2D eigenvalue weighted by atomic mass is 35.5. The molecule has 5 nitrogen and oxygen atoms in total. The molecular weight excluding hydrogens is 337 g/mol. The summed E-state index contributed by atoms with van der Waals surface area (Å²) in [6.07, 6.45) is 3.42. The van der Waals surface area contributed by atoms with Gasteiger partial charge in [-0.1, -0.05) is 23.2 Å². The molecule has 0 saturated carbocycles. The van der Waals surface area contributed by atoms with E-state index in [1.165, 1.54) is 0 Å². The highest BCUT2D eigenvalue weighted by Crippen LogP contribution is 2.44. The van der Waals surface area contributed by atoms with Gasteiger partial charge in [0.1, 0.15) is 5.15 Å². The number of methoxy groups -OCH3 is 1. The summed E-state index contributed by atoms with van der Waals surface area (Å²) in [6, 6.07) is 3.68. The summed E-state index contributed by atoms with van der Waals surface area (Å²) in [6.45, 7) is 0.786. The third-order valence-electron chi connectivity index (χ3n) is 4.15. The largest absolute Gasteiger partial charge is 0.375 e. The summed E-state index contributed by atoms with van der Waals surface area (Å²) in [7, 11) is 1.66. The smallest absolute Gasteiger partial charge is 0.221 e. The summed E-state index contributed by atoms with van der Waals surface area (Å²) < 4.78 is 7.68. The first-order valence-corrected chi connectivity index (χ1v) is 8.13. The fourth-order valence-electron chi connectivity index (χ4n) is 3.23. The summed E-state index contributed by atoms with van der Waals surface area (Å²) >= 11 is 12.9. The van der Waals surface area contributed by atoms with Crippen molar-refractivity contribution in [3.8, 4) is 11.3 Å². The van der Waals surface area contributed by atoms with Crippen molar-refractivity contribution in [3.63, 3.8) is 0 Å². The Bertz CT molecular complexity index is 758. The number of hydrogen-bond acceptors (Lipinski definition) is 3. The molecule has 0 aromatic carbocycles. The molecule has 1 unspecified atom stereocenters. The van der Waals surface area contributed by atoms with Crippen molar-refractivity contribution in [2.45, 2.75) is 31.9 Å². The van der Waals surface area contributed by atoms with Crippen LogP contribution < -0.4 is 5.73 Å². The zero-order chi connectivity index (χ0) is 16.6. The quantitative estimate of drug-likeness (QED) is 0.856. The van der Waals surface area contributed by atoms with Crippen LogP contribution in [0.25, 0.3) is 11.3 Å². The number of fused-ring (bicyclic) bond motifs is 1. The molecule has 1 atom stereocenters. The van der Waals surface area contributed by atoms with Gasteiger partial charge in [0.15, 0.2) is 0 Å². The highest BCUT2D eigenvalue weighted by molar-refractivity contribution is 6.36. The lowest BCUT2D eigenvalue weighted by Gasteiger charge is -2.26. The van der Waals surface area contributed by atoms with Crippen molar-refractivity contribution >= 4 is 29.1 Å². The molecule has 1 aliphatic heterocycles. The van der Waals surface area contributed by atoms with Crippen molar-refractivity contribution in [3.05, 3.63) is 39.8 Å². The minimum atomic E-state index is -0.426. The number of aromatic nitrogens is 2. The molecule has 1 amide bonds. The number of amides is 1. The Morgan fingerprint density at radius 1 is 1.52 bits per heavy atom. The minimum Gasteiger partial charge on any atom is -0.375 e. The van der Waals surface area contributed by atoms with Crippen molar-refractivity contribution in [1.82, 2.24) is 9.55 Å². The number of pyridine rings is 1. The molecule has 2 N–H and O–H groups in total. The van der Waals surface area contributed by atoms with Crippen LogP contribution in [0.2, 0.25) is 10.2 Å². The molecule has 7 heteroatoms. The van der Waals surface area contributed by atoms with Crippen LogP contribution in [0.5, 0.6) is 0 Å². The first-order chi connectivity index (χ1) is 11.0. The molecule has 2 aromatic heterocycles. The number of carbonyl (C=O) groups is 1. The Labute approximate surface area is 144 Å². The van der Waals surface area contributed by atoms with Gasteiger partial charge in [0, 0.05) is 31.0 Å². The van der Waals surface area contributed by atoms with Gasteiger partial charge in [-0.2, -0.15) is 0 Å². The van der Waals surface area contributed by atoms with Crippen LogP contribution >= 0.6 is 23.2 Å². The van der Waals surface area contributed by atoms with Gasteiger partial charge >= 0.3 is 0 Å². The molecule has 1 aliphatic rings. The molecule has 0 fully saturated rings. The fourth-order valence-corrected chi connectivity index (χ4v) is 3.80. The lowest BCUT2D eigenvalue weighted by Crippen LogP contribution is -2.21. The second kappa shape index (κ2) is 6.51. The van der Waals surface area contributed by atoms with Gasteiger partial charge in [-0.05, 0) is 25.0 Å². The Morgan fingerprint density at radius 2 is 2.30 bits per heavy atom. The zero-order valence-electron chi connectivity index (χ0n) is 12.7. The first kappa shape index (κ1) is 16.3. The van der Waals surface area contributed by atoms with E-state index in [9.17, 15) is 4.79 Å². The van der Waals surface area contributed by atoms with Crippen molar-refractivity contribution in [2.24, 2.45) is 5.73 Å². The monoisotopic (exact) mass is 353 g/mol. The second-order valence-corrected chi connectivity index (χ2v) is 6.27. The maximum atomic E-state index is 11.5. The van der Waals surface area contributed by atoms with Crippen LogP contribution in [-0.4, -0.2) is 22.6 Å². The molecule has 0 radical (unpaired) electrons. The van der Waals surface area contributed by atoms with Crippen molar-refractivity contribution in [2.75, 3.05) is 7.11 Å². The lowest BCUT2D eigenvalue weighted by atomic mass is 10.0. The maximum Gasteiger partial charge on any atom is 0.221 e. The Kier molecular flexibility index (Phi) is 4.62. The van der Waals surface area contributed by atoms with Gasteiger partial charge in [0.05, 0.1) is 28.9 Å². The number of ether oxygens (including phenoxy) is 1. The van der Waals surface area contributed by atoms with Gasteiger partial charge in [-0.25, -0.2) is 4.98 Å². The normalized spacial score (nSPS) is 17.1. The second-order valence-electron chi connectivity index (χ2n) is 5.53. The Hall–Kier alpha value is -1.56. The van der Waals surface area contributed by atoms with E-state index in [2.05, 4.69) is 9.55 Å². The molecular formula is C16H17Cl2N3O2. The van der Waals surface area contributed by atoms with Gasteiger partial charge in [-0.15, -0.1) is 0 Å². The average molecular weight is 354 g/mol. The molecule has 0 spiro atoms. The van der Waals surface area contributed by atoms with E-state index < -0.39 is 5.91 Å². The molecule has 3 heterocycles. The first-order valence-electron chi connectivity index (χ1n) is 7.37. The summed E-state index contributed by atoms with van der Waals surface area (Å²) in [5, 5.41) is 0.873. The molecule has 0 aliphatic carbocycles. The lowest BCUT2D eigenvalue weighted by molar-refractivity contribution is -0.117. The Balaban J connectivity index is 2.27.